The Bertz CT molecular complexity index is 606. The van der Waals surface area contributed by atoms with Gasteiger partial charge in [-0.05, 0) is 35.4 Å². The van der Waals surface area contributed by atoms with Gasteiger partial charge in [0.15, 0.2) is 0 Å². The Morgan fingerprint density at radius 2 is 1.00 bits per heavy atom. The van der Waals surface area contributed by atoms with Crippen molar-refractivity contribution in [2.24, 2.45) is 10.2 Å². The van der Waals surface area contributed by atoms with E-state index in [1.165, 1.54) is 12.2 Å². The number of nitrogens with one attached hydrogen (secondary N) is 2. The third kappa shape index (κ3) is 3.40. The molecule has 0 radical (unpaired) electrons. The molecule has 2 aromatic rings. The number of hydrogen-bond donors (Lipinski definition) is 2. The fourth-order valence-corrected chi connectivity index (χ4v) is 1.65. The summed E-state index contributed by atoms with van der Waals surface area (Å²) in [6, 6.07) is 14.8. The monoisotopic (exact) mass is 266 g/mol. The van der Waals surface area contributed by atoms with Gasteiger partial charge in [0.05, 0.1) is 11.4 Å². The predicted molar refractivity (Wildman–Crippen MR) is 75.4 cm³/mol. The average Bonchev–Trinajstić information content (AvgIpc) is 2.52. The van der Waals surface area contributed by atoms with Gasteiger partial charge in [0.25, 0.3) is 12.2 Å². The van der Waals surface area contributed by atoms with Gasteiger partial charge in [-0.3, -0.25) is 10.9 Å². The smallest absolute Gasteiger partial charge is 0.258 e. The van der Waals surface area contributed by atoms with Crippen LogP contribution in [0.25, 0.3) is 11.1 Å². The van der Waals surface area contributed by atoms with Crippen molar-refractivity contribution in [3.05, 3.63) is 48.5 Å². The minimum atomic E-state index is 0.704. The summed E-state index contributed by atoms with van der Waals surface area (Å²) >= 11 is 0. The highest BCUT2D eigenvalue weighted by Crippen LogP contribution is 2.23. The van der Waals surface area contributed by atoms with E-state index in [0.717, 1.165) is 11.1 Å². The molecule has 0 spiro atoms. The van der Waals surface area contributed by atoms with Crippen molar-refractivity contribution in [1.29, 1.82) is 0 Å². The van der Waals surface area contributed by atoms with Crippen molar-refractivity contribution in [2.75, 3.05) is 10.9 Å². The molecular weight excluding hydrogens is 256 g/mol. The Morgan fingerprint density at radius 3 is 1.30 bits per heavy atom. The molecule has 98 valence electrons. The van der Waals surface area contributed by atoms with Gasteiger partial charge in [-0.2, -0.15) is 0 Å². The van der Waals surface area contributed by atoms with E-state index in [-0.39, 0.29) is 0 Å². The van der Waals surface area contributed by atoms with Crippen LogP contribution in [0.15, 0.2) is 58.7 Å². The van der Waals surface area contributed by atoms with Crippen molar-refractivity contribution in [3.8, 4) is 11.1 Å². The van der Waals surface area contributed by atoms with Crippen molar-refractivity contribution in [1.82, 2.24) is 0 Å². The van der Waals surface area contributed by atoms with E-state index < -0.39 is 0 Å². The van der Waals surface area contributed by atoms with Gasteiger partial charge >= 0.3 is 0 Å². The summed E-state index contributed by atoms with van der Waals surface area (Å²) in [5, 5.41) is 6.56. The molecule has 0 fully saturated rings. The fraction of sp³-hybridized carbons (Fsp3) is 0. The topological polar surface area (TPSA) is 82.9 Å². The lowest BCUT2D eigenvalue weighted by Crippen LogP contribution is -1.88. The largest absolute Gasteiger partial charge is 0.267 e. The Hall–Kier alpha value is -3.20. The molecule has 6 heteroatoms. The van der Waals surface area contributed by atoms with E-state index >= 15 is 0 Å². The van der Waals surface area contributed by atoms with Crippen LogP contribution in [0.3, 0.4) is 0 Å². The van der Waals surface area contributed by atoms with Crippen LogP contribution in [-0.2, 0) is 9.59 Å². The number of rotatable bonds is 5. The van der Waals surface area contributed by atoms with E-state index in [9.17, 15) is 9.59 Å². The maximum Gasteiger partial charge on any atom is 0.258 e. The zero-order valence-corrected chi connectivity index (χ0v) is 10.3. The molecule has 0 aliphatic heterocycles. The van der Waals surface area contributed by atoms with Gasteiger partial charge in [-0.15, -0.1) is 0 Å². The molecule has 6 nitrogen and oxygen atoms in total. The molecule has 0 atom stereocenters. The van der Waals surface area contributed by atoms with Crippen LogP contribution in [0, 0.1) is 0 Å². The Labute approximate surface area is 114 Å². The molecule has 0 heterocycles. The SMILES string of the molecule is O=C=NNc1ccc(-c2ccc(NN=C=O)cc2)cc1. The second kappa shape index (κ2) is 6.66. The third-order valence-corrected chi connectivity index (χ3v) is 2.56. The van der Waals surface area contributed by atoms with Crippen LogP contribution >= 0.6 is 0 Å². The molecule has 0 saturated heterocycles. The number of anilines is 2. The summed E-state index contributed by atoms with van der Waals surface area (Å²) in [6.45, 7) is 0. The molecule has 0 saturated carbocycles. The quantitative estimate of drug-likeness (QED) is 0.495. The van der Waals surface area contributed by atoms with Crippen molar-refractivity contribution in [2.45, 2.75) is 0 Å². The van der Waals surface area contributed by atoms with Crippen molar-refractivity contribution in [3.63, 3.8) is 0 Å². The van der Waals surface area contributed by atoms with Crippen molar-refractivity contribution >= 4 is 23.5 Å². The molecule has 0 bridgehead atoms. The zero-order chi connectivity index (χ0) is 14.2. The molecule has 20 heavy (non-hydrogen) atoms. The van der Waals surface area contributed by atoms with Crippen LogP contribution in [-0.4, -0.2) is 12.2 Å². The molecule has 0 aromatic heterocycles. The van der Waals surface area contributed by atoms with E-state index in [0.29, 0.717) is 11.4 Å². The first-order valence-electron chi connectivity index (χ1n) is 5.70. The lowest BCUT2D eigenvalue weighted by molar-refractivity contribution is 0.563. The van der Waals surface area contributed by atoms with E-state index in [1.54, 1.807) is 24.3 Å². The number of carbonyl (C=O) groups excluding carboxylic acids is 2. The highest BCUT2D eigenvalue weighted by Gasteiger charge is 1.98. The summed E-state index contributed by atoms with van der Waals surface area (Å²) in [6.07, 6.45) is 2.81. The predicted octanol–water partition coefficient (Wildman–Crippen LogP) is 2.68. The molecule has 0 aliphatic carbocycles. The summed E-state index contributed by atoms with van der Waals surface area (Å²) < 4.78 is 0. The maximum absolute atomic E-state index is 9.98. The summed E-state index contributed by atoms with van der Waals surface area (Å²) in [5.74, 6) is 0. The van der Waals surface area contributed by atoms with Gasteiger partial charge < -0.3 is 0 Å². The highest BCUT2D eigenvalue weighted by atomic mass is 16.1. The lowest BCUT2D eigenvalue weighted by atomic mass is 10.1. The van der Waals surface area contributed by atoms with Gasteiger partial charge in [0, 0.05) is 0 Å². The Morgan fingerprint density at radius 1 is 0.650 bits per heavy atom. The number of hydrogen-bond acceptors (Lipinski definition) is 6. The van der Waals surface area contributed by atoms with Crippen LogP contribution in [0.4, 0.5) is 11.4 Å². The molecule has 2 N–H and O–H groups in total. The van der Waals surface area contributed by atoms with Gasteiger partial charge in [0.2, 0.25) is 0 Å². The summed E-state index contributed by atoms with van der Waals surface area (Å²) in [7, 11) is 0. The molecule has 2 aromatic carbocycles. The van der Waals surface area contributed by atoms with Crippen molar-refractivity contribution < 1.29 is 9.59 Å². The first-order valence-corrected chi connectivity index (χ1v) is 5.70. The Balaban J connectivity index is 2.14. The molecule has 2 rings (SSSR count). The highest BCUT2D eigenvalue weighted by molar-refractivity contribution is 5.68. The minimum absolute atomic E-state index is 0.704. The van der Waals surface area contributed by atoms with E-state index in [4.69, 9.17) is 0 Å². The number of isocyanates is 2. The first-order chi connectivity index (χ1) is 9.83. The standard InChI is InChI=1S/C14H10N4O2/c19-9-15-17-13-5-1-11(2-6-13)12-3-7-14(8-4-12)18-16-10-20/h1-8,17-18H. The molecule has 0 aliphatic rings. The zero-order valence-electron chi connectivity index (χ0n) is 10.3. The van der Waals surface area contributed by atoms with E-state index in [1.807, 2.05) is 24.3 Å². The maximum atomic E-state index is 9.98. The van der Waals surface area contributed by atoms with Gasteiger partial charge in [-0.1, -0.05) is 34.5 Å². The number of hydrazone groups is 2. The Kier molecular flexibility index (Phi) is 4.41. The minimum Gasteiger partial charge on any atom is -0.267 e. The first kappa shape index (κ1) is 13.2. The summed E-state index contributed by atoms with van der Waals surface area (Å²) in [4.78, 5) is 20.0. The van der Waals surface area contributed by atoms with E-state index in [2.05, 4.69) is 21.1 Å². The normalized spacial score (nSPS) is 9.00. The van der Waals surface area contributed by atoms with Gasteiger partial charge in [0.1, 0.15) is 0 Å². The number of benzene rings is 2. The molecular formula is C14H10N4O2. The van der Waals surface area contributed by atoms with Gasteiger partial charge in [-0.25, -0.2) is 9.59 Å². The van der Waals surface area contributed by atoms with Crippen LogP contribution < -0.4 is 10.9 Å². The van der Waals surface area contributed by atoms with Crippen LogP contribution in [0.2, 0.25) is 0 Å². The van der Waals surface area contributed by atoms with Crippen LogP contribution in [0.1, 0.15) is 0 Å². The van der Waals surface area contributed by atoms with Crippen LogP contribution in [0.5, 0.6) is 0 Å². The fourth-order valence-electron chi connectivity index (χ4n) is 1.65. The summed E-state index contributed by atoms with van der Waals surface area (Å²) in [5.41, 5.74) is 8.52. The molecule has 0 amide bonds. The second-order valence-electron chi connectivity index (χ2n) is 3.78. The second-order valence-corrected chi connectivity index (χ2v) is 3.78. The molecule has 0 unspecified atom stereocenters. The average molecular weight is 266 g/mol. The number of nitrogens with zero attached hydrogens (tertiary/aromatic N) is 2. The lowest BCUT2D eigenvalue weighted by Gasteiger charge is -2.04. The third-order valence-electron chi connectivity index (χ3n) is 2.56.